The van der Waals surface area contributed by atoms with Gasteiger partial charge in [0.05, 0.1) is 5.75 Å². The fourth-order valence-corrected chi connectivity index (χ4v) is 5.16. The molecule has 0 heterocycles. The molecule has 0 fully saturated rings. The van der Waals surface area contributed by atoms with E-state index in [2.05, 4.69) is 51.0 Å². The average Bonchev–Trinajstić information content (AvgIpc) is 2.96. The summed E-state index contributed by atoms with van der Waals surface area (Å²) in [5.74, 6) is -0.132. The molecule has 0 bridgehead atoms. The third-order valence-electron chi connectivity index (χ3n) is 7.10. The van der Waals surface area contributed by atoms with Crippen molar-refractivity contribution < 1.29 is 21.7 Å². The molecule has 1 unspecified atom stereocenters. The quantitative estimate of drug-likeness (QED) is 0.0649. The van der Waals surface area contributed by atoms with Crippen LogP contribution >= 0.6 is 0 Å². The summed E-state index contributed by atoms with van der Waals surface area (Å²) in [5, 5.41) is 4.03. The molecule has 5 N–H and O–H groups in total. The molecule has 1 atom stereocenters. The molecular weight excluding hydrogens is 581 g/mol. The highest BCUT2D eigenvalue weighted by Crippen LogP contribution is 2.17. The predicted molar refractivity (Wildman–Crippen MR) is 188 cm³/mol. The summed E-state index contributed by atoms with van der Waals surface area (Å²) in [6, 6.07) is 7.19. The molecule has 43 heavy (non-hydrogen) atoms. The molecule has 0 amide bonds. The molecule has 0 spiro atoms. The predicted octanol–water partition coefficient (Wildman–Crippen LogP) is 8.99. The third-order valence-corrected chi connectivity index (χ3v) is 8.03. The van der Waals surface area contributed by atoms with Crippen LogP contribution in [0.2, 0.25) is 0 Å². The number of hydrogen-bond donors (Lipinski definition) is 3. The molecule has 1 rings (SSSR count). The van der Waals surface area contributed by atoms with Gasteiger partial charge in [0.25, 0.3) is 10.1 Å². The van der Waals surface area contributed by atoms with Gasteiger partial charge in [-0.25, -0.2) is 0 Å². The smallest absolute Gasteiger partial charge is 0.264 e. The average molecular weight is 650 g/mol. The minimum Gasteiger partial charge on any atom is -0.760 e. The Kier molecular flexibility index (Phi) is 38.6. The maximum absolute atomic E-state index is 9.79. The largest absolute Gasteiger partial charge is 0.760 e. The highest BCUT2D eigenvalue weighted by Gasteiger charge is 2.01. The first kappa shape index (κ1) is 46.6. The summed E-state index contributed by atoms with van der Waals surface area (Å²) in [5.41, 5.74) is 9.69. The summed E-state index contributed by atoms with van der Waals surface area (Å²) in [7, 11) is -3.67. The lowest BCUT2D eigenvalue weighted by Crippen LogP contribution is -2.01. The first-order valence-electron chi connectivity index (χ1n) is 17.1. The van der Waals surface area contributed by atoms with Gasteiger partial charge in [-0.2, -0.15) is 8.42 Å². The van der Waals surface area contributed by atoms with Crippen LogP contribution in [0.4, 0.5) is 0 Å². The molecule has 0 radical (unpaired) electrons. The van der Waals surface area contributed by atoms with E-state index in [1.807, 2.05) is 0 Å². The van der Waals surface area contributed by atoms with Crippen LogP contribution in [0, 0.1) is 0 Å². The SMILES string of the molecule is CCCCCCCCCCCCCCCCCCc1ccc(CC)c(CC)c1.CCCN.CCCS(=O)(=O)O.NS(=O)[O-]. The van der Waals surface area contributed by atoms with Crippen LogP contribution in [0.5, 0.6) is 0 Å². The van der Waals surface area contributed by atoms with Crippen molar-refractivity contribution >= 4 is 21.4 Å². The second kappa shape index (κ2) is 35.6. The van der Waals surface area contributed by atoms with E-state index in [0.29, 0.717) is 6.42 Å². The molecular formula is C34H69N2O5S2-. The molecule has 0 aliphatic heterocycles. The Morgan fingerprint density at radius 1 is 0.674 bits per heavy atom. The standard InChI is InChI=1S/C28H50.C3H9N.C3H8O3S.H3NO2S/c1-4-7-8-9-10-11-12-13-14-15-16-17-18-19-20-21-22-26-23-24-27(5-2)28(6-3)25-26;1-2-3-4;1-2-3-7(4,5)6;1-4(2)3/h23-25H,4-22H2,1-3H3;2-4H2,1H3;2-3H2,1H3,(H,4,5,6);1H2,(H,2,3)/p-1. The topological polar surface area (TPSA) is 147 Å². The molecule has 0 saturated heterocycles. The lowest BCUT2D eigenvalue weighted by atomic mass is 9.97. The van der Waals surface area contributed by atoms with Gasteiger partial charge in [0.2, 0.25) is 0 Å². The fraction of sp³-hybridized carbons (Fsp3) is 0.824. The molecule has 1 aromatic carbocycles. The molecule has 258 valence electrons. The molecule has 7 nitrogen and oxygen atoms in total. The summed E-state index contributed by atoms with van der Waals surface area (Å²) in [6.45, 7) is 11.4. The van der Waals surface area contributed by atoms with Gasteiger partial charge in [-0.3, -0.25) is 13.9 Å². The van der Waals surface area contributed by atoms with Crippen LogP contribution in [0.15, 0.2) is 18.2 Å². The summed E-state index contributed by atoms with van der Waals surface area (Å²) < 4.78 is 45.1. The maximum Gasteiger partial charge on any atom is 0.264 e. The van der Waals surface area contributed by atoms with Gasteiger partial charge < -0.3 is 10.3 Å². The monoisotopic (exact) mass is 649 g/mol. The second-order valence-corrected chi connectivity index (χ2v) is 13.3. The van der Waals surface area contributed by atoms with Crippen LogP contribution < -0.4 is 10.9 Å². The minimum absolute atomic E-state index is 0.132. The van der Waals surface area contributed by atoms with E-state index in [1.54, 1.807) is 23.6 Å². The van der Waals surface area contributed by atoms with Crippen molar-refractivity contribution in [2.75, 3.05) is 12.3 Å². The highest BCUT2D eigenvalue weighted by atomic mass is 32.2. The molecule has 1 aromatic rings. The molecule has 0 aromatic heterocycles. The normalized spacial score (nSPS) is 11.4. The summed E-state index contributed by atoms with van der Waals surface area (Å²) in [4.78, 5) is 0. The summed E-state index contributed by atoms with van der Waals surface area (Å²) >= 11 is -2.36. The van der Waals surface area contributed by atoms with E-state index in [4.69, 9.17) is 19.0 Å². The Morgan fingerprint density at radius 3 is 1.33 bits per heavy atom. The van der Waals surface area contributed by atoms with Crippen LogP contribution in [0.25, 0.3) is 0 Å². The molecule has 0 saturated carbocycles. The zero-order valence-corrected chi connectivity index (χ0v) is 30.2. The second-order valence-electron chi connectivity index (χ2n) is 11.2. The third kappa shape index (κ3) is 41.2. The zero-order valence-electron chi connectivity index (χ0n) is 28.5. The Hall–Kier alpha value is -0.840. The van der Waals surface area contributed by atoms with Gasteiger partial charge in [-0.05, 0) is 61.8 Å². The van der Waals surface area contributed by atoms with Crippen LogP contribution in [0.3, 0.4) is 0 Å². The van der Waals surface area contributed by atoms with Gasteiger partial charge in [0.1, 0.15) is 0 Å². The molecule has 9 heteroatoms. The van der Waals surface area contributed by atoms with Crippen LogP contribution in [-0.2, 0) is 40.6 Å². The van der Waals surface area contributed by atoms with Crippen molar-refractivity contribution in [1.82, 2.24) is 0 Å². The van der Waals surface area contributed by atoms with Crippen LogP contribution in [0.1, 0.15) is 167 Å². The van der Waals surface area contributed by atoms with Crippen molar-refractivity contribution in [3.63, 3.8) is 0 Å². The van der Waals surface area contributed by atoms with Gasteiger partial charge in [0, 0.05) is 11.3 Å². The summed E-state index contributed by atoms with van der Waals surface area (Å²) in [6.07, 6.45) is 28.4. The van der Waals surface area contributed by atoms with E-state index in [1.165, 1.54) is 122 Å². The van der Waals surface area contributed by atoms with E-state index in [-0.39, 0.29) is 5.75 Å². The Morgan fingerprint density at radius 2 is 1.05 bits per heavy atom. The lowest BCUT2D eigenvalue weighted by molar-refractivity contribution is 0.482. The number of rotatable bonds is 22. The van der Waals surface area contributed by atoms with E-state index in [0.717, 1.165) is 13.0 Å². The van der Waals surface area contributed by atoms with E-state index < -0.39 is 21.4 Å². The fourth-order valence-electron chi connectivity index (χ4n) is 4.64. The Balaban J connectivity index is -0.000000875. The number of benzene rings is 1. The van der Waals surface area contributed by atoms with Crippen molar-refractivity contribution in [1.29, 1.82) is 0 Å². The van der Waals surface area contributed by atoms with Crippen molar-refractivity contribution in [2.24, 2.45) is 10.9 Å². The van der Waals surface area contributed by atoms with Gasteiger partial charge in [-0.15, -0.1) is 0 Å². The Labute approximate surface area is 269 Å². The van der Waals surface area contributed by atoms with Gasteiger partial charge in [0.15, 0.2) is 0 Å². The number of aryl methyl sites for hydroxylation is 3. The van der Waals surface area contributed by atoms with Crippen molar-refractivity contribution in [3.8, 4) is 0 Å². The van der Waals surface area contributed by atoms with Crippen molar-refractivity contribution in [2.45, 2.75) is 169 Å². The number of nitrogens with two attached hydrogens (primary N) is 2. The number of unbranched alkanes of at least 4 members (excludes halogenated alkanes) is 15. The van der Waals surface area contributed by atoms with Gasteiger partial charge >= 0.3 is 0 Å². The molecule has 0 aliphatic rings. The lowest BCUT2D eigenvalue weighted by Gasteiger charge is -2.09. The molecule has 0 aliphatic carbocycles. The zero-order chi connectivity index (χ0) is 33.2. The first-order chi connectivity index (χ1) is 20.5. The van der Waals surface area contributed by atoms with E-state index in [9.17, 15) is 8.42 Å². The maximum atomic E-state index is 9.79. The number of hydrogen-bond acceptors (Lipinski definition) is 5. The first-order valence-corrected chi connectivity index (χ1v) is 19.9. The highest BCUT2D eigenvalue weighted by molar-refractivity contribution is 7.85. The van der Waals surface area contributed by atoms with Gasteiger partial charge in [-0.1, -0.05) is 149 Å². The van der Waals surface area contributed by atoms with Crippen LogP contribution in [-0.4, -0.2) is 34.0 Å². The van der Waals surface area contributed by atoms with Crippen molar-refractivity contribution in [3.05, 3.63) is 34.9 Å². The Bertz CT molecular complexity index is 830. The minimum atomic E-state index is -3.67. The van der Waals surface area contributed by atoms with E-state index >= 15 is 0 Å².